The number of allylic oxidation sites excluding steroid dienone is 2. The minimum atomic E-state index is -0.0919. The van der Waals surface area contributed by atoms with Gasteiger partial charge in [-0.2, -0.15) is 0 Å². The molecule has 0 radical (unpaired) electrons. The normalized spacial score (nSPS) is 10.4. The molecule has 0 heterocycles. The molecule has 0 saturated carbocycles. The Kier molecular flexibility index (Phi) is 15.8. The number of methoxy groups -OCH3 is 1. The molecule has 0 N–H and O–H groups in total. The van der Waals surface area contributed by atoms with Crippen LogP contribution >= 0.6 is 0 Å². The van der Waals surface area contributed by atoms with E-state index < -0.39 is 0 Å². The molecule has 21 heavy (non-hydrogen) atoms. The minimum Gasteiger partial charge on any atom is -0.469 e. The van der Waals surface area contributed by atoms with Crippen LogP contribution in [-0.2, 0) is 9.53 Å². The minimum absolute atomic E-state index is 0.0919. The van der Waals surface area contributed by atoms with Gasteiger partial charge in [-0.05, 0) is 32.1 Å². The van der Waals surface area contributed by atoms with Crippen molar-refractivity contribution in [3.05, 3.63) is 12.2 Å². The first-order valence-electron chi connectivity index (χ1n) is 8.48. The third-order valence-corrected chi connectivity index (χ3v) is 3.36. The summed E-state index contributed by atoms with van der Waals surface area (Å²) in [5, 5.41) is 0. The summed E-state index contributed by atoms with van der Waals surface area (Å²) >= 11 is 0. The lowest BCUT2D eigenvalue weighted by Gasteiger charge is -1.99. The average molecular weight is 292 g/mol. The van der Waals surface area contributed by atoms with Crippen molar-refractivity contribution in [1.82, 2.24) is 0 Å². The molecule has 0 aromatic heterocycles. The van der Waals surface area contributed by atoms with Gasteiger partial charge in [0.25, 0.3) is 0 Å². The molecule has 0 aliphatic rings. The Hall–Kier alpha value is -1.23. The van der Waals surface area contributed by atoms with Gasteiger partial charge in [-0.1, -0.05) is 44.8 Å². The van der Waals surface area contributed by atoms with E-state index in [1.54, 1.807) is 0 Å². The molecule has 0 saturated heterocycles. The number of carbonyl (C=O) groups is 1. The maximum Gasteiger partial charge on any atom is 0.305 e. The second-order valence-electron chi connectivity index (χ2n) is 5.35. The van der Waals surface area contributed by atoms with Crippen LogP contribution in [0.4, 0.5) is 0 Å². The van der Waals surface area contributed by atoms with Crippen LogP contribution in [-0.4, -0.2) is 13.1 Å². The van der Waals surface area contributed by atoms with Gasteiger partial charge in [-0.25, -0.2) is 0 Å². The molecule has 0 aromatic rings. The number of rotatable bonds is 12. The van der Waals surface area contributed by atoms with Crippen LogP contribution < -0.4 is 0 Å². The fourth-order valence-electron chi connectivity index (χ4n) is 2.02. The molecule has 0 fully saturated rings. The molecular weight excluding hydrogens is 260 g/mol. The summed E-state index contributed by atoms with van der Waals surface area (Å²) < 4.78 is 4.61. The van der Waals surface area contributed by atoms with E-state index in [0.29, 0.717) is 6.42 Å². The van der Waals surface area contributed by atoms with Gasteiger partial charge in [0.2, 0.25) is 0 Å². The van der Waals surface area contributed by atoms with Crippen molar-refractivity contribution < 1.29 is 9.53 Å². The number of hydrogen-bond acceptors (Lipinski definition) is 2. The Morgan fingerprint density at radius 2 is 1.62 bits per heavy atom. The van der Waals surface area contributed by atoms with Crippen molar-refractivity contribution in [2.24, 2.45) is 0 Å². The maximum atomic E-state index is 10.9. The highest BCUT2D eigenvalue weighted by Gasteiger charge is 1.98. The molecule has 0 bridgehead atoms. The third kappa shape index (κ3) is 16.7. The lowest BCUT2D eigenvalue weighted by Crippen LogP contribution is -1.98. The van der Waals surface area contributed by atoms with Crippen molar-refractivity contribution >= 4 is 5.97 Å². The highest BCUT2D eigenvalue weighted by atomic mass is 16.5. The summed E-state index contributed by atoms with van der Waals surface area (Å²) in [6.07, 6.45) is 17.6. The molecule has 0 amide bonds. The highest BCUT2D eigenvalue weighted by molar-refractivity contribution is 5.68. The molecule has 0 spiro atoms. The Balaban J connectivity index is 3.24. The molecule has 0 aliphatic carbocycles. The van der Waals surface area contributed by atoms with E-state index in [-0.39, 0.29) is 5.97 Å². The van der Waals surface area contributed by atoms with Crippen LogP contribution in [0.5, 0.6) is 0 Å². The van der Waals surface area contributed by atoms with Gasteiger partial charge >= 0.3 is 5.97 Å². The monoisotopic (exact) mass is 292 g/mol. The van der Waals surface area contributed by atoms with Crippen molar-refractivity contribution in [2.45, 2.75) is 84.0 Å². The van der Waals surface area contributed by atoms with Crippen LogP contribution in [0.25, 0.3) is 0 Å². The standard InChI is InChI=1S/C19H32O2/c1-3-4-5-6-7-8-9-10-11-12-13-14-15-16-17-18-19(20)21-2/h11-12H,3-6,9-10,13-18H2,1-2H3. The first-order chi connectivity index (χ1) is 10.3. The quantitative estimate of drug-likeness (QED) is 0.208. The van der Waals surface area contributed by atoms with Crippen LogP contribution in [0.2, 0.25) is 0 Å². The number of esters is 1. The summed E-state index contributed by atoms with van der Waals surface area (Å²) in [4.78, 5) is 10.9. The summed E-state index contributed by atoms with van der Waals surface area (Å²) in [6.45, 7) is 2.22. The Morgan fingerprint density at radius 3 is 2.38 bits per heavy atom. The number of carbonyl (C=O) groups excluding carboxylic acids is 1. The number of unbranched alkanes of at least 4 members (excludes halogenated alkanes) is 8. The molecule has 0 aromatic carbocycles. The van der Waals surface area contributed by atoms with Crippen molar-refractivity contribution in [2.75, 3.05) is 7.11 Å². The second-order valence-corrected chi connectivity index (χ2v) is 5.35. The summed E-state index contributed by atoms with van der Waals surface area (Å²) in [6, 6.07) is 0. The largest absolute Gasteiger partial charge is 0.469 e. The lowest BCUT2D eigenvalue weighted by molar-refractivity contribution is -0.140. The topological polar surface area (TPSA) is 26.3 Å². The Morgan fingerprint density at radius 1 is 0.905 bits per heavy atom. The van der Waals surface area contributed by atoms with Crippen LogP contribution in [0, 0.1) is 11.8 Å². The first-order valence-corrected chi connectivity index (χ1v) is 8.48. The molecule has 120 valence electrons. The lowest BCUT2D eigenvalue weighted by atomic mass is 10.1. The van der Waals surface area contributed by atoms with E-state index in [4.69, 9.17) is 0 Å². The average Bonchev–Trinajstić information content (AvgIpc) is 2.50. The van der Waals surface area contributed by atoms with Crippen molar-refractivity contribution in [3.8, 4) is 11.8 Å². The molecule has 0 atom stereocenters. The zero-order valence-electron chi connectivity index (χ0n) is 14.0. The van der Waals surface area contributed by atoms with E-state index in [1.807, 2.05) is 0 Å². The smallest absolute Gasteiger partial charge is 0.305 e. The first kappa shape index (κ1) is 19.8. The molecular formula is C19H32O2. The zero-order chi connectivity index (χ0) is 15.6. The fourth-order valence-corrected chi connectivity index (χ4v) is 2.02. The van der Waals surface area contributed by atoms with Crippen molar-refractivity contribution in [1.29, 1.82) is 0 Å². The molecule has 0 aliphatic heterocycles. The predicted octanol–water partition coefficient (Wildman–Crippen LogP) is 5.42. The van der Waals surface area contributed by atoms with Gasteiger partial charge in [-0.3, -0.25) is 4.79 Å². The molecule has 0 unspecified atom stereocenters. The summed E-state index contributed by atoms with van der Waals surface area (Å²) in [7, 11) is 1.45. The maximum absolute atomic E-state index is 10.9. The molecule has 2 nitrogen and oxygen atoms in total. The number of hydrogen-bond donors (Lipinski definition) is 0. The fraction of sp³-hybridized carbons (Fsp3) is 0.737. The SMILES string of the molecule is CCCCCC#CCCC=CCCCCCCC(=O)OC. The van der Waals surface area contributed by atoms with Gasteiger partial charge in [-0.15, -0.1) is 11.8 Å². The van der Waals surface area contributed by atoms with Gasteiger partial charge < -0.3 is 4.74 Å². The van der Waals surface area contributed by atoms with Gasteiger partial charge in [0.05, 0.1) is 7.11 Å². The predicted molar refractivity (Wildman–Crippen MR) is 90.0 cm³/mol. The second kappa shape index (κ2) is 16.8. The van der Waals surface area contributed by atoms with E-state index >= 15 is 0 Å². The van der Waals surface area contributed by atoms with Gasteiger partial charge in [0.15, 0.2) is 0 Å². The molecule has 2 heteroatoms. The number of ether oxygens (including phenoxy) is 1. The summed E-state index contributed by atoms with van der Waals surface area (Å²) in [5.74, 6) is 6.38. The Bertz CT molecular complexity index is 320. The van der Waals surface area contributed by atoms with Crippen molar-refractivity contribution in [3.63, 3.8) is 0 Å². The van der Waals surface area contributed by atoms with E-state index in [2.05, 4.69) is 35.7 Å². The van der Waals surface area contributed by atoms with Crippen LogP contribution in [0.15, 0.2) is 12.2 Å². The summed E-state index contributed by atoms with van der Waals surface area (Å²) in [5.41, 5.74) is 0. The van der Waals surface area contributed by atoms with E-state index in [1.165, 1.54) is 39.2 Å². The third-order valence-electron chi connectivity index (χ3n) is 3.36. The van der Waals surface area contributed by atoms with E-state index in [9.17, 15) is 4.79 Å². The van der Waals surface area contributed by atoms with Gasteiger partial charge in [0, 0.05) is 19.3 Å². The highest BCUT2D eigenvalue weighted by Crippen LogP contribution is 2.07. The Labute approximate surface area is 131 Å². The van der Waals surface area contributed by atoms with E-state index in [0.717, 1.165) is 38.5 Å². The molecule has 0 rings (SSSR count). The van der Waals surface area contributed by atoms with Gasteiger partial charge in [0.1, 0.15) is 0 Å². The van der Waals surface area contributed by atoms with Crippen LogP contribution in [0.1, 0.15) is 84.0 Å². The zero-order valence-corrected chi connectivity index (χ0v) is 14.0. The van der Waals surface area contributed by atoms with Crippen LogP contribution in [0.3, 0.4) is 0 Å².